The summed E-state index contributed by atoms with van der Waals surface area (Å²) in [7, 11) is 1.39. The number of ether oxygens (including phenoxy) is 1. The molecule has 26 heavy (non-hydrogen) atoms. The highest BCUT2D eigenvalue weighted by Gasteiger charge is 2.16. The smallest absolute Gasteiger partial charge is 0.319 e. The van der Waals surface area contributed by atoms with E-state index < -0.39 is 0 Å². The summed E-state index contributed by atoms with van der Waals surface area (Å²) >= 11 is 6.11. The number of nitrogens with zero attached hydrogens (tertiary/aromatic N) is 1. The van der Waals surface area contributed by atoms with Crippen LogP contribution in [0.4, 0.5) is 16.2 Å². The lowest BCUT2D eigenvalue weighted by atomic mass is 10.1. The standard InChI is InChI=1S/C19H28ClN3O3/c1-26-18(24)8-4-2-5-11-21-19(25)22-16-14-15(20)9-10-17(16)23-12-6-3-7-13-23/h9-10,14H,2-8,11-13H2,1H3,(H2,21,22,25). The van der Waals surface area contributed by atoms with Crippen LogP contribution >= 0.6 is 11.6 Å². The fourth-order valence-electron chi connectivity index (χ4n) is 3.06. The maximum atomic E-state index is 12.2. The van der Waals surface area contributed by atoms with Crippen LogP contribution in [0.2, 0.25) is 5.02 Å². The number of methoxy groups -OCH3 is 1. The van der Waals surface area contributed by atoms with Crippen LogP contribution in [-0.4, -0.2) is 38.7 Å². The van der Waals surface area contributed by atoms with Crippen molar-refractivity contribution in [1.29, 1.82) is 0 Å². The number of amides is 2. The fraction of sp³-hybridized carbons (Fsp3) is 0.579. The molecule has 1 aromatic carbocycles. The van der Waals surface area contributed by atoms with Crippen molar-refractivity contribution in [3.63, 3.8) is 0 Å². The fourth-order valence-corrected chi connectivity index (χ4v) is 3.23. The molecule has 6 nitrogen and oxygen atoms in total. The number of urea groups is 1. The molecule has 0 aromatic heterocycles. The maximum absolute atomic E-state index is 12.2. The van der Waals surface area contributed by atoms with Crippen LogP contribution in [-0.2, 0) is 9.53 Å². The minimum absolute atomic E-state index is 0.193. The van der Waals surface area contributed by atoms with Crippen molar-refractivity contribution in [2.24, 2.45) is 0 Å². The van der Waals surface area contributed by atoms with E-state index in [2.05, 4.69) is 20.3 Å². The summed E-state index contributed by atoms with van der Waals surface area (Å²) < 4.78 is 4.60. The number of rotatable bonds is 8. The third-order valence-corrected chi connectivity index (χ3v) is 4.71. The van der Waals surface area contributed by atoms with E-state index in [1.54, 1.807) is 6.07 Å². The van der Waals surface area contributed by atoms with E-state index in [1.165, 1.54) is 26.4 Å². The van der Waals surface area contributed by atoms with E-state index in [0.717, 1.165) is 43.7 Å². The molecular formula is C19H28ClN3O3. The Bertz CT molecular complexity index is 604. The van der Waals surface area contributed by atoms with Gasteiger partial charge >= 0.3 is 12.0 Å². The summed E-state index contributed by atoms with van der Waals surface area (Å²) in [6.07, 6.45) is 6.46. The van der Waals surface area contributed by atoms with Crippen molar-refractivity contribution < 1.29 is 14.3 Å². The van der Waals surface area contributed by atoms with Gasteiger partial charge in [0.15, 0.2) is 0 Å². The van der Waals surface area contributed by atoms with Crippen molar-refractivity contribution in [2.75, 3.05) is 37.0 Å². The van der Waals surface area contributed by atoms with Crippen LogP contribution < -0.4 is 15.5 Å². The van der Waals surface area contributed by atoms with Gasteiger partial charge in [-0.25, -0.2) is 4.79 Å². The van der Waals surface area contributed by atoms with E-state index >= 15 is 0 Å². The number of unbranched alkanes of at least 4 members (excludes halogenated alkanes) is 2. The number of carbonyl (C=O) groups is 2. The molecule has 1 aliphatic rings. The van der Waals surface area contributed by atoms with Gasteiger partial charge in [0.2, 0.25) is 0 Å². The quantitative estimate of drug-likeness (QED) is 0.523. The second-order valence-corrected chi connectivity index (χ2v) is 6.91. The van der Waals surface area contributed by atoms with Gasteiger partial charge in [0, 0.05) is 31.1 Å². The van der Waals surface area contributed by atoms with E-state index in [-0.39, 0.29) is 12.0 Å². The molecular weight excluding hydrogens is 354 g/mol. The average molecular weight is 382 g/mol. The number of halogens is 1. The second-order valence-electron chi connectivity index (χ2n) is 6.48. The lowest BCUT2D eigenvalue weighted by Gasteiger charge is -2.30. The lowest BCUT2D eigenvalue weighted by Crippen LogP contribution is -2.33. The van der Waals surface area contributed by atoms with Crippen molar-refractivity contribution in [1.82, 2.24) is 5.32 Å². The van der Waals surface area contributed by atoms with E-state index in [4.69, 9.17) is 11.6 Å². The maximum Gasteiger partial charge on any atom is 0.319 e. The molecule has 2 amide bonds. The van der Waals surface area contributed by atoms with E-state index in [1.807, 2.05) is 12.1 Å². The molecule has 1 saturated heterocycles. The van der Waals surface area contributed by atoms with Gasteiger partial charge in [-0.2, -0.15) is 0 Å². The molecule has 0 atom stereocenters. The topological polar surface area (TPSA) is 70.7 Å². The van der Waals surface area contributed by atoms with E-state index in [0.29, 0.717) is 18.0 Å². The molecule has 1 fully saturated rings. The molecule has 0 bridgehead atoms. The summed E-state index contributed by atoms with van der Waals surface area (Å²) in [6, 6.07) is 5.38. The van der Waals surface area contributed by atoms with Gasteiger partial charge in [-0.3, -0.25) is 4.79 Å². The zero-order valence-corrected chi connectivity index (χ0v) is 16.1. The highest BCUT2D eigenvalue weighted by molar-refractivity contribution is 6.31. The van der Waals surface area contributed by atoms with Gasteiger partial charge in [-0.1, -0.05) is 18.0 Å². The molecule has 144 valence electrons. The van der Waals surface area contributed by atoms with Crippen LogP contribution in [0.1, 0.15) is 44.9 Å². The number of hydrogen-bond donors (Lipinski definition) is 2. The summed E-state index contributed by atoms with van der Waals surface area (Å²) in [6.45, 7) is 2.56. The zero-order chi connectivity index (χ0) is 18.8. The van der Waals surface area contributed by atoms with Crippen molar-refractivity contribution >= 4 is 35.0 Å². The highest BCUT2D eigenvalue weighted by Crippen LogP contribution is 2.31. The third kappa shape index (κ3) is 6.75. The van der Waals surface area contributed by atoms with Crippen molar-refractivity contribution in [2.45, 2.75) is 44.9 Å². The Morgan fingerprint density at radius 3 is 2.65 bits per heavy atom. The number of benzene rings is 1. The van der Waals surface area contributed by atoms with Gasteiger partial charge in [-0.05, 0) is 50.3 Å². The molecule has 0 unspecified atom stereocenters. The van der Waals surface area contributed by atoms with Crippen LogP contribution in [0.5, 0.6) is 0 Å². The van der Waals surface area contributed by atoms with E-state index in [9.17, 15) is 9.59 Å². The summed E-state index contributed by atoms with van der Waals surface area (Å²) in [5.41, 5.74) is 1.75. The summed E-state index contributed by atoms with van der Waals surface area (Å²) in [5.74, 6) is -0.193. The van der Waals surface area contributed by atoms with Gasteiger partial charge in [-0.15, -0.1) is 0 Å². The number of carbonyl (C=O) groups excluding carboxylic acids is 2. The average Bonchev–Trinajstić information content (AvgIpc) is 2.65. The molecule has 1 aromatic rings. The number of anilines is 2. The summed E-state index contributed by atoms with van der Waals surface area (Å²) in [4.78, 5) is 25.5. The number of hydrogen-bond acceptors (Lipinski definition) is 4. The SMILES string of the molecule is COC(=O)CCCCCNC(=O)Nc1cc(Cl)ccc1N1CCCCC1. The molecule has 0 aliphatic carbocycles. The van der Waals surface area contributed by atoms with Crippen LogP contribution in [0.25, 0.3) is 0 Å². The zero-order valence-electron chi connectivity index (χ0n) is 15.4. The largest absolute Gasteiger partial charge is 0.469 e. The molecule has 2 N–H and O–H groups in total. The molecule has 1 heterocycles. The Morgan fingerprint density at radius 2 is 1.92 bits per heavy atom. The predicted octanol–water partition coefficient (Wildman–Crippen LogP) is 4.19. The first-order valence-electron chi connectivity index (χ1n) is 9.26. The van der Waals surface area contributed by atoms with Gasteiger partial charge < -0.3 is 20.3 Å². The number of esters is 1. The Morgan fingerprint density at radius 1 is 1.15 bits per heavy atom. The van der Waals surface area contributed by atoms with Crippen molar-refractivity contribution in [3.8, 4) is 0 Å². The highest BCUT2D eigenvalue weighted by atomic mass is 35.5. The molecule has 0 spiro atoms. The molecule has 0 saturated carbocycles. The number of piperidine rings is 1. The lowest BCUT2D eigenvalue weighted by molar-refractivity contribution is -0.140. The minimum Gasteiger partial charge on any atom is -0.469 e. The van der Waals surface area contributed by atoms with Crippen LogP contribution in [0.15, 0.2) is 18.2 Å². The Kier molecular flexibility index (Phi) is 8.54. The first-order valence-corrected chi connectivity index (χ1v) is 9.64. The Balaban J connectivity index is 1.79. The predicted molar refractivity (Wildman–Crippen MR) is 105 cm³/mol. The number of nitrogens with one attached hydrogen (secondary N) is 2. The third-order valence-electron chi connectivity index (χ3n) is 4.47. The first kappa shape index (κ1) is 20.4. The van der Waals surface area contributed by atoms with Gasteiger partial charge in [0.1, 0.15) is 0 Å². The van der Waals surface area contributed by atoms with Gasteiger partial charge in [0.25, 0.3) is 0 Å². The van der Waals surface area contributed by atoms with Gasteiger partial charge in [0.05, 0.1) is 18.5 Å². The van der Waals surface area contributed by atoms with Crippen molar-refractivity contribution in [3.05, 3.63) is 23.2 Å². The first-order chi connectivity index (χ1) is 12.6. The second kappa shape index (κ2) is 10.9. The Labute approximate surface area is 160 Å². The normalized spacial score (nSPS) is 14.0. The molecule has 0 radical (unpaired) electrons. The molecule has 2 rings (SSSR count). The molecule has 7 heteroatoms. The van der Waals surface area contributed by atoms with Crippen LogP contribution in [0.3, 0.4) is 0 Å². The Hall–Kier alpha value is -1.95. The molecule has 1 aliphatic heterocycles. The van der Waals surface area contributed by atoms with Crippen LogP contribution in [0, 0.1) is 0 Å². The monoisotopic (exact) mass is 381 g/mol. The minimum atomic E-state index is -0.238. The summed E-state index contributed by atoms with van der Waals surface area (Å²) in [5, 5.41) is 6.37.